The highest BCUT2D eigenvalue weighted by molar-refractivity contribution is 7.18. The van der Waals surface area contributed by atoms with Crippen LogP contribution >= 0.6 is 22.7 Å². The zero-order valence-corrected chi connectivity index (χ0v) is 16.6. The first-order valence-electron chi connectivity index (χ1n) is 8.42. The molecule has 0 atom stereocenters. The first-order valence-corrected chi connectivity index (χ1v) is 10.1. The van der Waals surface area contributed by atoms with Gasteiger partial charge in [-0.1, -0.05) is 24.3 Å². The predicted octanol–water partition coefficient (Wildman–Crippen LogP) is 4.98. The monoisotopic (exact) mass is 401 g/mol. The fraction of sp³-hybridized carbons (Fsp3) is 0.200. The number of carbonyl (C=O) groups excluding carboxylic acids is 2. The van der Waals surface area contributed by atoms with E-state index in [0.717, 1.165) is 15.3 Å². The molecule has 0 aliphatic carbocycles. The molecular weight excluding hydrogens is 382 g/mol. The van der Waals surface area contributed by atoms with Gasteiger partial charge in [-0.3, -0.25) is 4.79 Å². The lowest BCUT2D eigenvalue weighted by atomic mass is 10.1. The largest absolute Gasteiger partial charge is 0.484 e. The Morgan fingerprint density at radius 1 is 1.11 bits per heavy atom. The molecule has 3 rings (SSSR count). The van der Waals surface area contributed by atoms with Crippen LogP contribution in [0, 0.1) is 6.92 Å². The normalized spacial score (nSPS) is 10.4. The van der Waals surface area contributed by atoms with Crippen LogP contribution in [0.4, 0.5) is 5.00 Å². The first-order chi connectivity index (χ1) is 13.1. The van der Waals surface area contributed by atoms with E-state index in [0.29, 0.717) is 16.3 Å². The number of ether oxygens (including phenoxy) is 2. The summed E-state index contributed by atoms with van der Waals surface area (Å²) in [5, 5.41) is 5.24. The zero-order chi connectivity index (χ0) is 19.2. The third kappa shape index (κ3) is 4.56. The van der Waals surface area contributed by atoms with Gasteiger partial charge in [0, 0.05) is 15.3 Å². The summed E-state index contributed by atoms with van der Waals surface area (Å²) in [7, 11) is 0. The average Bonchev–Trinajstić information content (AvgIpc) is 3.28. The van der Waals surface area contributed by atoms with Crippen molar-refractivity contribution in [2.45, 2.75) is 13.8 Å². The average molecular weight is 402 g/mol. The van der Waals surface area contributed by atoms with Crippen molar-refractivity contribution in [1.29, 1.82) is 0 Å². The van der Waals surface area contributed by atoms with E-state index < -0.39 is 5.97 Å². The van der Waals surface area contributed by atoms with Crippen molar-refractivity contribution in [2.24, 2.45) is 0 Å². The van der Waals surface area contributed by atoms with Gasteiger partial charge in [0.25, 0.3) is 5.91 Å². The maximum absolute atomic E-state index is 12.6. The summed E-state index contributed by atoms with van der Waals surface area (Å²) < 4.78 is 10.7. The van der Waals surface area contributed by atoms with E-state index in [1.165, 1.54) is 11.3 Å². The van der Waals surface area contributed by atoms with Gasteiger partial charge in [-0.05, 0) is 37.4 Å². The van der Waals surface area contributed by atoms with Crippen LogP contribution < -0.4 is 10.1 Å². The minimum atomic E-state index is -0.440. The number of anilines is 1. The van der Waals surface area contributed by atoms with E-state index in [4.69, 9.17) is 9.47 Å². The van der Waals surface area contributed by atoms with Crippen molar-refractivity contribution in [2.75, 3.05) is 18.5 Å². The van der Waals surface area contributed by atoms with Crippen LogP contribution in [0.1, 0.15) is 22.2 Å². The number of nitrogens with one attached hydrogen (secondary N) is 1. The highest BCUT2D eigenvalue weighted by Gasteiger charge is 2.26. The van der Waals surface area contributed by atoms with Gasteiger partial charge in [0.2, 0.25) is 0 Å². The Hall–Kier alpha value is -2.64. The lowest BCUT2D eigenvalue weighted by Gasteiger charge is -2.09. The molecule has 2 heterocycles. The molecule has 27 heavy (non-hydrogen) atoms. The molecular formula is C20H19NO4S2. The fourth-order valence-electron chi connectivity index (χ4n) is 2.58. The van der Waals surface area contributed by atoms with Crippen molar-refractivity contribution >= 4 is 39.6 Å². The van der Waals surface area contributed by atoms with E-state index >= 15 is 0 Å². The minimum Gasteiger partial charge on any atom is -0.484 e. The summed E-state index contributed by atoms with van der Waals surface area (Å²) in [6.07, 6.45) is 0. The van der Waals surface area contributed by atoms with Gasteiger partial charge >= 0.3 is 5.97 Å². The predicted molar refractivity (Wildman–Crippen MR) is 109 cm³/mol. The summed E-state index contributed by atoms with van der Waals surface area (Å²) >= 11 is 2.90. The minimum absolute atomic E-state index is 0.141. The van der Waals surface area contributed by atoms with Gasteiger partial charge in [-0.25, -0.2) is 4.79 Å². The summed E-state index contributed by atoms with van der Waals surface area (Å²) in [5.74, 6) is -0.159. The topological polar surface area (TPSA) is 64.6 Å². The number of hydrogen-bond acceptors (Lipinski definition) is 6. The standard InChI is InChI=1S/C20H19NO4S2/c1-3-24-20(23)18-17(15-10-7-11-26-15)13(2)27-19(18)21-16(22)12-25-14-8-5-4-6-9-14/h4-11H,3,12H2,1-2H3,(H,21,22). The number of amides is 1. The molecule has 7 heteroatoms. The second-order valence-electron chi connectivity index (χ2n) is 5.59. The third-order valence-electron chi connectivity index (χ3n) is 3.70. The van der Waals surface area contributed by atoms with Crippen molar-refractivity contribution in [3.63, 3.8) is 0 Å². The number of rotatable bonds is 7. The van der Waals surface area contributed by atoms with E-state index in [1.807, 2.05) is 42.6 Å². The lowest BCUT2D eigenvalue weighted by Crippen LogP contribution is -2.21. The van der Waals surface area contributed by atoms with Crippen LogP contribution in [0.5, 0.6) is 5.75 Å². The van der Waals surface area contributed by atoms with Crippen LogP contribution in [0.2, 0.25) is 0 Å². The molecule has 0 bridgehead atoms. The molecule has 0 saturated heterocycles. The Bertz CT molecular complexity index is 917. The molecule has 3 aromatic rings. The molecule has 140 valence electrons. The molecule has 0 radical (unpaired) electrons. The maximum Gasteiger partial charge on any atom is 0.341 e. The number of thiophene rings is 2. The van der Waals surface area contributed by atoms with Gasteiger partial charge in [0.1, 0.15) is 16.3 Å². The molecule has 0 spiro atoms. The molecule has 2 aromatic heterocycles. The molecule has 0 fully saturated rings. The number of benzene rings is 1. The summed E-state index contributed by atoms with van der Waals surface area (Å²) in [6.45, 7) is 3.81. The molecule has 0 aliphatic rings. The van der Waals surface area contributed by atoms with Gasteiger partial charge in [-0.15, -0.1) is 22.7 Å². The molecule has 0 saturated carbocycles. The van der Waals surface area contributed by atoms with Gasteiger partial charge in [-0.2, -0.15) is 0 Å². The SMILES string of the molecule is CCOC(=O)c1c(NC(=O)COc2ccccc2)sc(C)c1-c1cccs1. The van der Waals surface area contributed by atoms with Gasteiger partial charge in [0.15, 0.2) is 6.61 Å². The van der Waals surface area contributed by atoms with Crippen LogP contribution in [-0.4, -0.2) is 25.1 Å². The van der Waals surface area contributed by atoms with E-state index in [2.05, 4.69) is 5.32 Å². The Morgan fingerprint density at radius 2 is 1.89 bits per heavy atom. The fourth-order valence-corrected chi connectivity index (χ4v) is 4.55. The molecule has 0 aliphatic heterocycles. The highest BCUT2D eigenvalue weighted by Crippen LogP contribution is 2.42. The third-order valence-corrected chi connectivity index (χ3v) is 5.61. The van der Waals surface area contributed by atoms with Crippen LogP contribution in [-0.2, 0) is 9.53 Å². The second-order valence-corrected chi connectivity index (χ2v) is 7.76. The first kappa shape index (κ1) is 19.1. The molecule has 1 N–H and O–H groups in total. The van der Waals surface area contributed by atoms with Gasteiger partial charge in [0.05, 0.1) is 6.61 Å². The van der Waals surface area contributed by atoms with E-state index in [-0.39, 0.29) is 19.1 Å². The van der Waals surface area contributed by atoms with E-state index in [1.54, 1.807) is 30.4 Å². The second kappa shape index (κ2) is 8.83. The smallest absolute Gasteiger partial charge is 0.341 e. The molecule has 1 aromatic carbocycles. The Balaban J connectivity index is 1.83. The number of esters is 1. The van der Waals surface area contributed by atoms with Crippen LogP contribution in [0.15, 0.2) is 47.8 Å². The van der Waals surface area contributed by atoms with Gasteiger partial charge < -0.3 is 14.8 Å². The van der Waals surface area contributed by atoms with Crippen LogP contribution in [0.3, 0.4) is 0 Å². The molecule has 1 amide bonds. The molecule has 0 unspecified atom stereocenters. The zero-order valence-electron chi connectivity index (χ0n) is 15.0. The Kier molecular flexibility index (Phi) is 6.26. The van der Waals surface area contributed by atoms with Crippen LogP contribution in [0.25, 0.3) is 10.4 Å². The summed E-state index contributed by atoms with van der Waals surface area (Å²) in [5.41, 5.74) is 1.21. The molecule has 5 nitrogen and oxygen atoms in total. The Morgan fingerprint density at radius 3 is 2.56 bits per heavy atom. The maximum atomic E-state index is 12.6. The highest BCUT2D eigenvalue weighted by atomic mass is 32.1. The lowest BCUT2D eigenvalue weighted by molar-refractivity contribution is -0.118. The van der Waals surface area contributed by atoms with E-state index in [9.17, 15) is 9.59 Å². The number of carbonyl (C=O) groups is 2. The number of hydrogen-bond donors (Lipinski definition) is 1. The number of para-hydroxylation sites is 1. The van der Waals surface area contributed by atoms with Crippen molar-refractivity contribution in [3.8, 4) is 16.2 Å². The Labute approximate surface area is 165 Å². The quantitative estimate of drug-likeness (QED) is 0.567. The van der Waals surface area contributed by atoms with Crippen molar-refractivity contribution in [3.05, 3.63) is 58.3 Å². The number of aryl methyl sites for hydroxylation is 1. The summed E-state index contributed by atoms with van der Waals surface area (Å²) in [4.78, 5) is 26.8. The van der Waals surface area contributed by atoms with Crippen molar-refractivity contribution in [1.82, 2.24) is 0 Å². The van der Waals surface area contributed by atoms with Crippen molar-refractivity contribution < 1.29 is 19.1 Å². The summed E-state index contributed by atoms with van der Waals surface area (Å²) in [6, 6.07) is 13.0.